The van der Waals surface area contributed by atoms with Crippen molar-refractivity contribution in [3.63, 3.8) is 0 Å². The predicted molar refractivity (Wildman–Crippen MR) is 72.9 cm³/mol. The summed E-state index contributed by atoms with van der Waals surface area (Å²) in [6, 6.07) is 7.45. The number of carbonyl (C=O) groups is 1. The number of carbonyl (C=O) groups excluding carboxylic acids is 1. The molecule has 0 atom stereocenters. The fraction of sp³-hybridized carbons (Fsp3) is 0.308. The van der Waals surface area contributed by atoms with Crippen molar-refractivity contribution in [2.24, 2.45) is 0 Å². The molecule has 1 N–H and O–H groups in total. The molecule has 1 fully saturated rings. The number of sulfone groups is 1. The Labute approximate surface area is 111 Å². The van der Waals surface area contributed by atoms with E-state index in [1.165, 1.54) is 0 Å². The van der Waals surface area contributed by atoms with Gasteiger partial charge >= 0.3 is 0 Å². The fourth-order valence-electron chi connectivity index (χ4n) is 2.35. The number of para-hydroxylation sites is 1. The minimum Gasteiger partial charge on any atom is -0.361 e. The summed E-state index contributed by atoms with van der Waals surface area (Å²) in [4.78, 5) is 17.1. The molecule has 0 radical (unpaired) electrons. The lowest BCUT2D eigenvalue weighted by Gasteiger charge is -2.26. The first-order valence-corrected chi connectivity index (χ1v) is 7.95. The second-order valence-corrected chi connectivity index (χ2v) is 7.00. The average Bonchev–Trinajstić information content (AvgIpc) is 2.86. The summed E-state index contributed by atoms with van der Waals surface area (Å²) in [5.41, 5.74) is 1.41. The Kier molecular flexibility index (Phi) is 2.82. The molecular formula is C13H14N2O3S. The molecule has 5 nitrogen and oxygen atoms in total. The zero-order chi connectivity index (χ0) is 13.5. The summed E-state index contributed by atoms with van der Waals surface area (Å²) in [5, 5.41) is 0.982. The topological polar surface area (TPSA) is 70.2 Å². The molecular weight excluding hydrogens is 264 g/mol. The first kappa shape index (κ1) is 12.2. The average molecular weight is 278 g/mol. The van der Waals surface area contributed by atoms with Gasteiger partial charge in [0, 0.05) is 24.7 Å². The van der Waals surface area contributed by atoms with Crippen LogP contribution in [0.4, 0.5) is 0 Å². The summed E-state index contributed by atoms with van der Waals surface area (Å²) in [5.74, 6) is 0.00163. The van der Waals surface area contributed by atoms with Crippen LogP contribution in [-0.4, -0.2) is 48.8 Å². The van der Waals surface area contributed by atoms with Crippen LogP contribution < -0.4 is 0 Å². The normalized spacial score (nSPS) is 18.6. The van der Waals surface area contributed by atoms with E-state index in [1.807, 2.05) is 18.2 Å². The number of rotatable bonds is 1. The minimum absolute atomic E-state index is 0.0550. The van der Waals surface area contributed by atoms with Crippen LogP contribution in [0.15, 0.2) is 30.5 Å². The van der Waals surface area contributed by atoms with E-state index in [1.54, 1.807) is 17.2 Å². The van der Waals surface area contributed by atoms with Crippen LogP contribution in [0.5, 0.6) is 0 Å². The van der Waals surface area contributed by atoms with Crippen molar-refractivity contribution in [1.82, 2.24) is 9.88 Å². The quantitative estimate of drug-likeness (QED) is 0.847. The van der Waals surface area contributed by atoms with Crippen LogP contribution in [0, 0.1) is 0 Å². The molecule has 1 aliphatic rings. The van der Waals surface area contributed by atoms with E-state index in [-0.39, 0.29) is 30.5 Å². The summed E-state index contributed by atoms with van der Waals surface area (Å²) >= 11 is 0. The Morgan fingerprint density at radius 1 is 1.16 bits per heavy atom. The molecule has 6 heteroatoms. The van der Waals surface area contributed by atoms with Crippen LogP contribution in [-0.2, 0) is 9.84 Å². The third kappa shape index (κ3) is 2.23. The van der Waals surface area contributed by atoms with Gasteiger partial charge in [-0.1, -0.05) is 12.1 Å². The van der Waals surface area contributed by atoms with Crippen molar-refractivity contribution in [3.8, 4) is 0 Å². The highest BCUT2D eigenvalue weighted by atomic mass is 32.2. The number of nitrogens with zero attached hydrogens (tertiary/aromatic N) is 1. The standard InChI is InChI=1S/C13H14N2O3S/c16-13(15-6-8-19(17,18)9-7-15)11-3-1-2-10-4-5-14-12(10)11/h1-5,14H,6-9H2. The smallest absolute Gasteiger partial charge is 0.256 e. The Hall–Kier alpha value is -1.82. The van der Waals surface area contributed by atoms with Gasteiger partial charge in [0.2, 0.25) is 0 Å². The first-order chi connectivity index (χ1) is 9.07. The molecule has 1 amide bonds. The molecule has 0 spiro atoms. The third-order valence-corrected chi connectivity index (χ3v) is 5.06. The largest absolute Gasteiger partial charge is 0.361 e. The molecule has 1 aromatic carbocycles. The number of nitrogens with one attached hydrogen (secondary N) is 1. The molecule has 1 aromatic heterocycles. The van der Waals surface area contributed by atoms with Gasteiger partial charge in [0.25, 0.3) is 5.91 Å². The maximum absolute atomic E-state index is 12.4. The number of amides is 1. The van der Waals surface area contributed by atoms with E-state index in [2.05, 4.69) is 4.98 Å². The van der Waals surface area contributed by atoms with Crippen molar-refractivity contribution in [1.29, 1.82) is 0 Å². The number of H-pyrrole nitrogens is 1. The summed E-state index contributed by atoms with van der Waals surface area (Å²) in [6.45, 7) is 0.552. The Bertz CT molecular complexity index is 719. The van der Waals surface area contributed by atoms with Gasteiger partial charge in [-0.2, -0.15) is 0 Å². The predicted octanol–water partition coefficient (Wildman–Crippen LogP) is 1.04. The molecule has 19 heavy (non-hydrogen) atoms. The number of hydrogen-bond acceptors (Lipinski definition) is 3. The molecule has 2 aromatic rings. The van der Waals surface area contributed by atoms with Crippen LogP contribution >= 0.6 is 0 Å². The molecule has 1 aliphatic heterocycles. The van der Waals surface area contributed by atoms with Gasteiger partial charge in [0.05, 0.1) is 22.6 Å². The van der Waals surface area contributed by atoms with Crippen LogP contribution in [0.2, 0.25) is 0 Å². The highest BCUT2D eigenvalue weighted by Gasteiger charge is 2.26. The lowest BCUT2D eigenvalue weighted by Crippen LogP contribution is -2.43. The van der Waals surface area contributed by atoms with Crippen molar-refractivity contribution in [3.05, 3.63) is 36.0 Å². The summed E-state index contributed by atoms with van der Waals surface area (Å²) < 4.78 is 22.8. The number of benzene rings is 1. The SMILES string of the molecule is O=C(c1cccc2cc[nH]c12)N1CCS(=O)(=O)CC1. The minimum atomic E-state index is -2.96. The molecule has 100 valence electrons. The Morgan fingerprint density at radius 2 is 1.89 bits per heavy atom. The van der Waals surface area contributed by atoms with Gasteiger partial charge in [0.15, 0.2) is 9.84 Å². The molecule has 3 rings (SSSR count). The maximum atomic E-state index is 12.4. The zero-order valence-electron chi connectivity index (χ0n) is 10.3. The number of aromatic amines is 1. The van der Waals surface area contributed by atoms with Crippen molar-refractivity contribution < 1.29 is 13.2 Å². The second kappa shape index (κ2) is 4.38. The van der Waals surface area contributed by atoms with Crippen LogP contribution in [0.3, 0.4) is 0 Å². The molecule has 0 aliphatic carbocycles. The summed E-state index contributed by atoms with van der Waals surface area (Å²) in [6.07, 6.45) is 1.79. The van der Waals surface area contributed by atoms with Gasteiger partial charge < -0.3 is 9.88 Å². The molecule has 0 saturated carbocycles. The van der Waals surface area contributed by atoms with Gasteiger partial charge in [0.1, 0.15) is 0 Å². The molecule has 2 heterocycles. The maximum Gasteiger partial charge on any atom is 0.256 e. The number of fused-ring (bicyclic) bond motifs is 1. The molecule has 0 unspecified atom stereocenters. The van der Waals surface area contributed by atoms with Crippen LogP contribution in [0.25, 0.3) is 10.9 Å². The van der Waals surface area contributed by atoms with E-state index in [9.17, 15) is 13.2 Å². The highest BCUT2D eigenvalue weighted by molar-refractivity contribution is 7.91. The van der Waals surface area contributed by atoms with Gasteiger partial charge in [-0.3, -0.25) is 4.79 Å². The molecule has 1 saturated heterocycles. The van der Waals surface area contributed by atoms with E-state index < -0.39 is 9.84 Å². The Balaban J connectivity index is 1.90. The number of aromatic nitrogens is 1. The van der Waals surface area contributed by atoms with Crippen molar-refractivity contribution in [2.75, 3.05) is 24.6 Å². The van der Waals surface area contributed by atoms with Crippen LogP contribution in [0.1, 0.15) is 10.4 Å². The lowest BCUT2D eigenvalue weighted by molar-refractivity contribution is 0.0772. The van der Waals surface area contributed by atoms with Gasteiger partial charge in [-0.05, 0) is 12.1 Å². The fourth-order valence-corrected chi connectivity index (χ4v) is 3.55. The van der Waals surface area contributed by atoms with Gasteiger partial charge in [-0.25, -0.2) is 8.42 Å². The monoisotopic (exact) mass is 278 g/mol. The van der Waals surface area contributed by atoms with E-state index in [0.717, 1.165) is 10.9 Å². The summed E-state index contributed by atoms with van der Waals surface area (Å²) in [7, 11) is -2.96. The molecule has 0 bridgehead atoms. The zero-order valence-corrected chi connectivity index (χ0v) is 11.1. The third-order valence-electron chi connectivity index (χ3n) is 3.45. The van der Waals surface area contributed by atoms with E-state index in [4.69, 9.17) is 0 Å². The van der Waals surface area contributed by atoms with Crippen molar-refractivity contribution in [2.45, 2.75) is 0 Å². The Morgan fingerprint density at radius 3 is 2.63 bits per heavy atom. The van der Waals surface area contributed by atoms with E-state index >= 15 is 0 Å². The number of hydrogen-bond donors (Lipinski definition) is 1. The van der Waals surface area contributed by atoms with E-state index in [0.29, 0.717) is 5.56 Å². The van der Waals surface area contributed by atoms with Crippen molar-refractivity contribution >= 4 is 26.6 Å². The van der Waals surface area contributed by atoms with Gasteiger partial charge in [-0.15, -0.1) is 0 Å². The first-order valence-electron chi connectivity index (χ1n) is 6.13. The highest BCUT2D eigenvalue weighted by Crippen LogP contribution is 2.19. The lowest BCUT2D eigenvalue weighted by atomic mass is 10.1. The second-order valence-electron chi connectivity index (χ2n) is 4.69.